The number of anilines is 2. The Labute approximate surface area is 218 Å². The molecule has 0 saturated carbocycles. The van der Waals surface area contributed by atoms with Crippen molar-refractivity contribution in [2.45, 2.75) is 19.4 Å². The second-order valence-electron chi connectivity index (χ2n) is 9.25. The Hall–Kier alpha value is -3.97. The van der Waals surface area contributed by atoms with Crippen molar-refractivity contribution in [3.63, 3.8) is 0 Å². The number of rotatable bonds is 8. The number of nitrogens with zero attached hydrogens (tertiary/aromatic N) is 3. The van der Waals surface area contributed by atoms with Gasteiger partial charge in [0, 0.05) is 51.2 Å². The van der Waals surface area contributed by atoms with E-state index in [2.05, 4.69) is 63.2 Å². The van der Waals surface area contributed by atoms with Gasteiger partial charge in [-0.3, -0.25) is 9.69 Å². The third-order valence-electron chi connectivity index (χ3n) is 6.51. The molecule has 2 heterocycles. The predicted molar refractivity (Wildman–Crippen MR) is 146 cm³/mol. The van der Waals surface area contributed by atoms with Gasteiger partial charge in [-0.1, -0.05) is 36.4 Å². The first-order valence-corrected chi connectivity index (χ1v) is 12.4. The zero-order chi connectivity index (χ0) is 26.2. The Kier molecular flexibility index (Phi) is 8.69. The summed E-state index contributed by atoms with van der Waals surface area (Å²) in [5.41, 5.74) is 5.17. The molecule has 0 atom stereocenters. The van der Waals surface area contributed by atoms with E-state index in [0.717, 1.165) is 27.9 Å². The van der Waals surface area contributed by atoms with Crippen LogP contribution in [0.5, 0.6) is 0 Å². The van der Waals surface area contributed by atoms with Crippen LogP contribution in [-0.2, 0) is 25.6 Å². The quantitative estimate of drug-likeness (QED) is 0.322. The van der Waals surface area contributed by atoms with E-state index in [1.807, 2.05) is 20.2 Å². The highest BCUT2D eigenvalue weighted by Gasteiger charge is 2.28. The number of carbonyl (C=O) groups is 2. The van der Waals surface area contributed by atoms with Crippen LogP contribution in [0.3, 0.4) is 0 Å². The fourth-order valence-corrected chi connectivity index (χ4v) is 4.29. The summed E-state index contributed by atoms with van der Waals surface area (Å²) in [6.45, 7) is 1.56. The second kappa shape index (κ2) is 12.3. The largest absolute Gasteiger partial charge is 0.466 e. The van der Waals surface area contributed by atoms with Crippen LogP contribution in [0.1, 0.15) is 24.0 Å². The van der Waals surface area contributed by atoms with Crippen molar-refractivity contribution in [3.05, 3.63) is 84.1 Å². The Morgan fingerprint density at radius 3 is 2.27 bits per heavy atom. The summed E-state index contributed by atoms with van der Waals surface area (Å²) in [6.07, 6.45) is 6.05. The first-order chi connectivity index (χ1) is 17.9. The van der Waals surface area contributed by atoms with Crippen LogP contribution in [0.4, 0.5) is 11.5 Å². The molecule has 0 N–H and O–H groups in total. The summed E-state index contributed by atoms with van der Waals surface area (Å²) in [5.74, 6) is 0.0318. The van der Waals surface area contributed by atoms with Crippen molar-refractivity contribution in [2.24, 2.45) is 5.92 Å². The van der Waals surface area contributed by atoms with Crippen molar-refractivity contribution < 1.29 is 19.1 Å². The molecule has 0 spiro atoms. The maximum Gasteiger partial charge on any atom is 0.330 e. The number of amides is 1. The Bertz CT molecular complexity index is 1230. The lowest BCUT2D eigenvalue weighted by Crippen LogP contribution is -2.38. The van der Waals surface area contributed by atoms with Crippen LogP contribution in [0, 0.1) is 5.92 Å². The Balaban J connectivity index is 1.58. The van der Waals surface area contributed by atoms with E-state index in [1.54, 1.807) is 23.2 Å². The monoisotopic (exact) mass is 499 g/mol. The Morgan fingerprint density at radius 1 is 1.00 bits per heavy atom. The highest BCUT2D eigenvalue weighted by atomic mass is 16.5. The summed E-state index contributed by atoms with van der Waals surface area (Å²) < 4.78 is 10.2. The summed E-state index contributed by atoms with van der Waals surface area (Å²) in [7, 11) is 5.39. The van der Waals surface area contributed by atoms with Crippen LogP contribution in [0.2, 0.25) is 0 Å². The smallest absolute Gasteiger partial charge is 0.330 e. The lowest BCUT2D eigenvalue weighted by atomic mass is 9.98. The molecule has 0 aliphatic carbocycles. The van der Waals surface area contributed by atoms with Gasteiger partial charge in [-0.2, -0.15) is 0 Å². The molecule has 3 aromatic rings. The minimum absolute atomic E-state index is 0.0354. The molecule has 192 valence electrons. The predicted octanol–water partition coefficient (Wildman–Crippen LogP) is 4.96. The first-order valence-electron chi connectivity index (χ1n) is 12.4. The van der Waals surface area contributed by atoms with Gasteiger partial charge >= 0.3 is 5.97 Å². The molecule has 1 fully saturated rings. The molecule has 7 heteroatoms. The van der Waals surface area contributed by atoms with Gasteiger partial charge in [0.05, 0.1) is 13.7 Å². The van der Waals surface area contributed by atoms with E-state index in [9.17, 15) is 9.59 Å². The van der Waals surface area contributed by atoms with E-state index in [-0.39, 0.29) is 11.8 Å². The molecule has 4 rings (SSSR count). The minimum Gasteiger partial charge on any atom is -0.466 e. The number of hydrogen-bond acceptors (Lipinski definition) is 6. The van der Waals surface area contributed by atoms with E-state index in [1.165, 1.54) is 13.2 Å². The highest BCUT2D eigenvalue weighted by Crippen LogP contribution is 2.26. The topological polar surface area (TPSA) is 72.0 Å². The molecule has 2 aromatic carbocycles. The average molecular weight is 500 g/mol. The van der Waals surface area contributed by atoms with Gasteiger partial charge in [-0.05, 0) is 65.4 Å². The molecule has 37 heavy (non-hydrogen) atoms. The van der Waals surface area contributed by atoms with Gasteiger partial charge < -0.3 is 14.4 Å². The summed E-state index contributed by atoms with van der Waals surface area (Å²) in [5, 5.41) is 0. The van der Waals surface area contributed by atoms with Crippen LogP contribution in [-0.4, -0.2) is 51.3 Å². The molecular formula is C30H33N3O4. The summed E-state index contributed by atoms with van der Waals surface area (Å²) in [6, 6.07) is 20.3. The molecule has 0 radical (unpaired) electrons. The fourth-order valence-electron chi connectivity index (χ4n) is 4.29. The van der Waals surface area contributed by atoms with Gasteiger partial charge in [0.2, 0.25) is 5.91 Å². The average Bonchev–Trinajstić information content (AvgIpc) is 2.95. The maximum atomic E-state index is 13.6. The van der Waals surface area contributed by atoms with Crippen molar-refractivity contribution in [1.29, 1.82) is 0 Å². The molecule has 1 aliphatic rings. The summed E-state index contributed by atoms with van der Waals surface area (Å²) in [4.78, 5) is 33.5. The third kappa shape index (κ3) is 6.83. The zero-order valence-corrected chi connectivity index (χ0v) is 21.6. The first kappa shape index (κ1) is 26.1. The molecule has 1 aromatic heterocycles. The van der Waals surface area contributed by atoms with Gasteiger partial charge in [-0.15, -0.1) is 0 Å². The SMILES string of the molecule is COC(=O)/C=C/c1ccnc(N(Cc2ccc(-c3ccc(N(C)C)cc3)cc2)C(=O)C2CCOCC2)c1. The number of ether oxygens (including phenoxy) is 2. The standard InChI is InChI=1S/C30H33N3O4/c1-32(2)27-11-9-25(10-12-27)24-7-4-23(5-8-24)21-33(30(35)26-15-18-37-19-16-26)28-20-22(14-17-31-28)6-13-29(34)36-3/h4-14,17,20,26H,15-16,18-19,21H2,1-3H3/b13-6+. The van der Waals surface area contributed by atoms with Gasteiger partial charge in [0.15, 0.2) is 0 Å². The molecule has 0 bridgehead atoms. The van der Waals surface area contributed by atoms with Crippen LogP contribution < -0.4 is 9.80 Å². The normalized spacial score (nSPS) is 13.9. The van der Waals surface area contributed by atoms with E-state index < -0.39 is 5.97 Å². The number of esters is 1. The van der Waals surface area contributed by atoms with Gasteiger partial charge in [-0.25, -0.2) is 9.78 Å². The number of benzene rings is 2. The summed E-state index contributed by atoms with van der Waals surface area (Å²) >= 11 is 0. The number of hydrogen-bond donors (Lipinski definition) is 0. The van der Waals surface area contributed by atoms with E-state index >= 15 is 0 Å². The van der Waals surface area contributed by atoms with Crippen molar-refractivity contribution in [1.82, 2.24) is 4.98 Å². The van der Waals surface area contributed by atoms with Crippen LogP contribution >= 0.6 is 0 Å². The molecule has 1 amide bonds. The molecular weight excluding hydrogens is 466 g/mol. The molecule has 1 saturated heterocycles. The van der Waals surface area contributed by atoms with E-state index in [0.29, 0.717) is 38.4 Å². The Morgan fingerprint density at radius 2 is 1.65 bits per heavy atom. The zero-order valence-electron chi connectivity index (χ0n) is 21.6. The number of methoxy groups -OCH3 is 1. The number of aromatic nitrogens is 1. The third-order valence-corrected chi connectivity index (χ3v) is 6.51. The molecule has 1 aliphatic heterocycles. The lowest BCUT2D eigenvalue weighted by Gasteiger charge is -2.29. The fraction of sp³-hybridized carbons (Fsp3) is 0.300. The number of carbonyl (C=O) groups excluding carboxylic acids is 2. The second-order valence-corrected chi connectivity index (χ2v) is 9.25. The van der Waals surface area contributed by atoms with Crippen molar-refractivity contribution in [2.75, 3.05) is 44.2 Å². The van der Waals surface area contributed by atoms with Crippen LogP contribution in [0.25, 0.3) is 17.2 Å². The number of pyridine rings is 1. The van der Waals surface area contributed by atoms with E-state index in [4.69, 9.17) is 4.74 Å². The molecule has 7 nitrogen and oxygen atoms in total. The van der Waals surface area contributed by atoms with Crippen molar-refractivity contribution >= 4 is 29.5 Å². The molecule has 0 unspecified atom stereocenters. The minimum atomic E-state index is -0.440. The maximum absolute atomic E-state index is 13.6. The lowest BCUT2D eigenvalue weighted by molar-refractivity contribution is -0.134. The highest BCUT2D eigenvalue weighted by molar-refractivity contribution is 5.94. The van der Waals surface area contributed by atoms with Gasteiger partial charge in [0.25, 0.3) is 0 Å². The van der Waals surface area contributed by atoms with Gasteiger partial charge in [0.1, 0.15) is 5.82 Å². The van der Waals surface area contributed by atoms with Crippen LogP contribution in [0.15, 0.2) is 72.9 Å². The van der Waals surface area contributed by atoms with Crippen molar-refractivity contribution in [3.8, 4) is 11.1 Å².